The molecular weight excluding hydrogens is 488 g/mol. The first-order valence-electron chi connectivity index (χ1n) is 12.1. The van der Waals surface area contributed by atoms with E-state index >= 15 is 0 Å². The van der Waals surface area contributed by atoms with Gasteiger partial charge in [0.25, 0.3) is 0 Å². The molecule has 38 heavy (non-hydrogen) atoms. The van der Waals surface area contributed by atoms with E-state index < -0.39 is 11.9 Å². The van der Waals surface area contributed by atoms with Crippen molar-refractivity contribution in [3.05, 3.63) is 83.9 Å². The molecule has 3 aromatic rings. The van der Waals surface area contributed by atoms with Crippen LogP contribution in [0.15, 0.2) is 72.8 Å². The van der Waals surface area contributed by atoms with Crippen molar-refractivity contribution >= 4 is 35.4 Å². The summed E-state index contributed by atoms with van der Waals surface area (Å²) in [6.07, 6.45) is 4.96. The molecule has 0 unspecified atom stereocenters. The lowest BCUT2D eigenvalue weighted by molar-refractivity contribution is -0.134. The third-order valence-electron chi connectivity index (χ3n) is 5.10. The minimum absolute atomic E-state index is 0.0449. The second-order valence-electron chi connectivity index (χ2n) is 8.25. The van der Waals surface area contributed by atoms with Crippen LogP contribution in [0.25, 0.3) is 6.08 Å². The number of rotatable bonds is 12. The molecule has 9 heteroatoms. The SMILES string of the molecule is CCCCC(=O)Oc1ccc(OC(=O)C=Cc2ccc(OCCOC(=O)c3cc(N)cc(N)c3)cc2)cc1. The third kappa shape index (κ3) is 9.34. The zero-order valence-corrected chi connectivity index (χ0v) is 21.1. The molecule has 3 rings (SSSR count). The summed E-state index contributed by atoms with van der Waals surface area (Å²) in [5, 5.41) is 0. The Morgan fingerprint density at radius 3 is 2.03 bits per heavy atom. The van der Waals surface area contributed by atoms with E-state index in [1.54, 1.807) is 60.7 Å². The van der Waals surface area contributed by atoms with Crippen molar-refractivity contribution in [2.24, 2.45) is 0 Å². The molecule has 0 heterocycles. The summed E-state index contributed by atoms with van der Waals surface area (Å²) in [6.45, 7) is 2.20. The maximum absolute atomic E-state index is 12.1. The van der Waals surface area contributed by atoms with Crippen molar-refractivity contribution in [3.63, 3.8) is 0 Å². The highest BCUT2D eigenvalue weighted by atomic mass is 16.6. The van der Waals surface area contributed by atoms with Crippen LogP contribution in [0.4, 0.5) is 11.4 Å². The van der Waals surface area contributed by atoms with Crippen molar-refractivity contribution in [1.29, 1.82) is 0 Å². The topological polar surface area (TPSA) is 140 Å². The van der Waals surface area contributed by atoms with Gasteiger partial charge in [0.1, 0.15) is 30.5 Å². The van der Waals surface area contributed by atoms with Crippen molar-refractivity contribution in [2.45, 2.75) is 26.2 Å². The van der Waals surface area contributed by atoms with Crippen LogP contribution in [0.5, 0.6) is 17.2 Å². The monoisotopic (exact) mass is 518 g/mol. The molecule has 0 spiro atoms. The van der Waals surface area contributed by atoms with Crippen molar-refractivity contribution in [3.8, 4) is 17.2 Å². The molecule has 0 aliphatic rings. The van der Waals surface area contributed by atoms with Crippen LogP contribution in [-0.2, 0) is 14.3 Å². The van der Waals surface area contributed by atoms with E-state index in [1.807, 2.05) is 6.92 Å². The van der Waals surface area contributed by atoms with Gasteiger partial charge in [-0.1, -0.05) is 25.5 Å². The van der Waals surface area contributed by atoms with Crippen molar-refractivity contribution < 1.29 is 33.3 Å². The highest BCUT2D eigenvalue weighted by Gasteiger charge is 2.09. The summed E-state index contributed by atoms with van der Waals surface area (Å²) in [6, 6.07) is 17.8. The van der Waals surface area contributed by atoms with Crippen LogP contribution in [0.1, 0.15) is 42.1 Å². The molecule has 4 N–H and O–H groups in total. The Hall–Kier alpha value is -4.79. The molecule has 0 atom stereocenters. The smallest absolute Gasteiger partial charge is 0.338 e. The van der Waals surface area contributed by atoms with E-state index in [9.17, 15) is 14.4 Å². The normalized spacial score (nSPS) is 10.7. The fourth-order valence-corrected chi connectivity index (χ4v) is 3.24. The molecule has 3 aromatic carbocycles. The average Bonchev–Trinajstić information content (AvgIpc) is 2.90. The zero-order valence-electron chi connectivity index (χ0n) is 21.1. The Morgan fingerprint density at radius 2 is 1.39 bits per heavy atom. The number of anilines is 2. The van der Waals surface area contributed by atoms with Gasteiger partial charge in [-0.15, -0.1) is 0 Å². The van der Waals surface area contributed by atoms with Gasteiger partial charge in [0, 0.05) is 23.9 Å². The second kappa shape index (κ2) is 14.1. The molecular formula is C29H30N2O7. The van der Waals surface area contributed by atoms with Crippen LogP contribution >= 0.6 is 0 Å². The van der Waals surface area contributed by atoms with Crippen LogP contribution in [0, 0.1) is 0 Å². The summed E-state index contributed by atoms with van der Waals surface area (Å²) in [5.41, 5.74) is 13.2. The van der Waals surface area contributed by atoms with Gasteiger partial charge in [-0.3, -0.25) is 4.79 Å². The van der Waals surface area contributed by atoms with Gasteiger partial charge in [0.15, 0.2) is 0 Å². The fourth-order valence-electron chi connectivity index (χ4n) is 3.24. The minimum atomic E-state index is -0.554. The van der Waals surface area contributed by atoms with E-state index in [0.29, 0.717) is 35.0 Å². The largest absolute Gasteiger partial charge is 0.490 e. The van der Waals surface area contributed by atoms with Gasteiger partial charge in [-0.05, 0) is 72.7 Å². The number of nitrogen functional groups attached to an aromatic ring is 2. The molecule has 0 aromatic heterocycles. The van der Waals surface area contributed by atoms with Crippen molar-refractivity contribution in [2.75, 3.05) is 24.7 Å². The number of carbonyl (C=O) groups is 3. The highest BCUT2D eigenvalue weighted by Crippen LogP contribution is 2.19. The Labute approximate surface area is 220 Å². The van der Waals surface area contributed by atoms with E-state index in [2.05, 4.69) is 0 Å². The number of ether oxygens (including phenoxy) is 4. The fraction of sp³-hybridized carbons (Fsp3) is 0.207. The molecule has 0 bridgehead atoms. The molecule has 0 radical (unpaired) electrons. The summed E-state index contributed by atoms with van der Waals surface area (Å²) < 4.78 is 21.2. The number of benzene rings is 3. The summed E-state index contributed by atoms with van der Waals surface area (Å²) in [4.78, 5) is 35.9. The number of carbonyl (C=O) groups excluding carboxylic acids is 3. The third-order valence-corrected chi connectivity index (χ3v) is 5.10. The van der Waals surface area contributed by atoms with Gasteiger partial charge >= 0.3 is 17.9 Å². The molecule has 9 nitrogen and oxygen atoms in total. The van der Waals surface area contributed by atoms with Crippen molar-refractivity contribution in [1.82, 2.24) is 0 Å². The molecule has 0 fully saturated rings. The number of unbranched alkanes of at least 4 members (excludes halogenated alkanes) is 1. The number of hydrogen-bond donors (Lipinski definition) is 2. The Bertz CT molecular complexity index is 1250. The van der Waals surface area contributed by atoms with Crippen LogP contribution < -0.4 is 25.7 Å². The van der Waals surface area contributed by atoms with Gasteiger partial charge < -0.3 is 30.4 Å². The molecule has 198 valence electrons. The lowest BCUT2D eigenvalue weighted by Gasteiger charge is -2.08. The lowest BCUT2D eigenvalue weighted by Crippen LogP contribution is -2.13. The molecule has 0 aliphatic heterocycles. The highest BCUT2D eigenvalue weighted by molar-refractivity contribution is 5.91. The summed E-state index contributed by atoms with van der Waals surface area (Å²) in [7, 11) is 0. The summed E-state index contributed by atoms with van der Waals surface area (Å²) in [5.74, 6) is -0.0856. The minimum Gasteiger partial charge on any atom is -0.490 e. The number of esters is 3. The van der Waals surface area contributed by atoms with Gasteiger partial charge in [0.05, 0.1) is 5.56 Å². The lowest BCUT2D eigenvalue weighted by atomic mass is 10.2. The van der Waals surface area contributed by atoms with Gasteiger partial charge in [0.2, 0.25) is 0 Å². The molecule has 0 aliphatic carbocycles. The van der Waals surface area contributed by atoms with Crippen LogP contribution in [0.2, 0.25) is 0 Å². The first-order valence-corrected chi connectivity index (χ1v) is 12.1. The quantitative estimate of drug-likeness (QED) is 0.114. The predicted octanol–water partition coefficient (Wildman–Crippen LogP) is 4.80. The Morgan fingerprint density at radius 1 is 0.789 bits per heavy atom. The molecule has 0 saturated carbocycles. The first-order chi connectivity index (χ1) is 18.3. The maximum Gasteiger partial charge on any atom is 0.338 e. The van der Waals surface area contributed by atoms with Crippen LogP contribution in [0.3, 0.4) is 0 Å². The van der Waals surface area contributed by atoms with Gasteiger partial charge in [-0.25, -0.2) is 9.59 Å². The predicted molar refractivity (Wildman–Crippen MR) is 144 cm³/mol. The van der Waals surface area contributed by atoms with E-state index in [4.69, 9.17) is 30.4 Å². The number of nitrogens with two attached hydrogens (primary N) is 2. The Balaban J connectivity index is 1.39. The van der Waals surface area contributed by atoms with E-state index in [-0.39, 0.29) is 24.7 Å². The number of hydrogen-bond acceptors (Lipinski definition) is 9. The second-order valence-corrected chi connectivity index (χ2v) is 8.25. The maximum atomic E-state index is 12.1. The van der Waals surface area contributed by atoms with E-state index in [1.165, 1.54) is 18.2 Å². The first kappa shape index (κ1) is 27.8. The molecule has 0 amide bonds. The zero-order chi connectivity index (χ0) is 27.3. The standard InChI is InChI=1S/C29H30N2O7/c1-2-3-4-27(32)37-25-10-12-26(13-11-25)38-28(33)14-7-20-5-8-24(9-6-20)35-15-16-36-29(34)21-17-22(30)19-23(31)18-21/h5-14,17-19H,2-4,15-16,30-31H2,1H3. The van der Waals surface area contributed by atoms with Crippen LogP contribution in [-0.4, -0.2) is 31.1 Å². The molecule has 0 saturated heterocycles. The summed E-state index contributed by atoms with van der Waals surface area (Å²) >= 11 is 0. The van der Waals surface area contributed by atoms with E-state index in [0.717, 1.165) is 18.4 Å². The van der Waals surface area contributed by atoms with Gasteiger partial charge in [-0.2, -0.15) is 0 Å². The Kier molecular flexibility index (Phi) is 10.3. The average molecular weight is 519 g/mol.